The minimum Gasteiger partial charge on any atom is -0.322 e. The van der Waals surface area contributed by atoms with Crippen molar-refractivity contribution in [3.63, 3.8) is 0 Å². The number of nitrogens with one attached hydrogen (secondary N) is 3. The average Bonchev–Trinajstić information content (AvgIpc) is 2.70. The molecule has 2 aromatic carbocycles. The Hall–Kier alpha value is -4.00. The van der Waals surface area contributed by atoms with Gasteiger partial charge in [-0.05, 0) is 18.2 Å². The molecule has 7 heteroatoms. The molecule has 27 heavy (non-hydrogen) atoms. The molecular formula is C20H14N4O3. The average molecular weight is 358 g/mol. The summed E-state index contributed by atoms with van der Waals surface area (Å²) in [6.07, 6.45) is 0. The molecule has 3 N–H and O–H groups in total. The first-order valence-corrected chi connectivity index (χ1v) is 8.20. The van der Waals surface area contributed by atoms with Crippen molar-refractivity contribution in [1.82, 2.24) is 20.8 Å². The summed E-state index contributed by atoms with van der Waals surface area (Å²) in [5, 5.41) is 1.49. The van der Waals surface area contributed by atoms with Gasteiger partial charge in [0.05, 0.1) is 11.1 Å². The van der Waals surface area contributed by atoms with Gasteiger partial charge in [-0.1, -0.05) is 42.5 Å². The molecule has 0 saturated carbocycles. The minimum absolute atomic E-state index is 0.168. The smallest absolute Gasteiger partial charge is 0.288 e. The van der Waals surface area contributed by atoms with E-state index in [9.17, 15) is 14.4 Å². The Labute approximate surface area is 153 Å². The molecule has 4 rings (SSSR count). The van der Waals surface area contributed by atoms with E-state index < -0.39 is 17.4 Å². The first-order chi connectivity index (χ1) is 13.1. The van der Waals surface area contributed by atoms with E-state index in [1.807, 2.05) is 18.2 Å². The van der Waals surface area contributed by atoms with Gasteiger partial charge in [0.25, 0.3) is 11.8 Å². The number of amides is 2. The van der Waals surface area contributed by atoms with Crippen LogP contribution >= 0.6 is 0 Å². The standard InChI is InChI=1S/C20H14N4O3/c25-18-11-14(13-6-2-4-8-16(13)22-18)19(26)23-24-20(27)17-10-9-12-5-1-3-7-15(12)21-17/h1-11H,(H,22,25)(H,23,26)(H,24,27). The van der Waals surface area contributed by atoms with Gasteiger partial charge in [-0.25, -0.2) is 4.98 Å². The van der Waals surface area contributed by atoms with Crippen LogP contribution in [-0.4, -0.2) is 21.8 Å². The summed E-state index contributed by atoms with van der Waals surface area (Å²) in [7, 11) is 0. The van der Waals surface area contributed by atoms with Gasteiger partial charge in [-0.3, -0.25) is 25.2 Å². The van der Waals surface area contributed by atoms with Crippen molar-refractivity contribution in [2.45, 2.75) is 0 Å². The molecule has 0 bridgehead atoms. The normalized spacial score (nSPS) is 10.7. The van der Waals surface area contributed by atoms with Gasteiger partial charge in [0.2, 0.25) is 5.56 Å². The fraction of sp³-hybridized carbons (Fsp3) is 0. The summed E-state index contributed by atoms with van der Waals surface area (Å²) in [6.45, 7) is 0. The molecule has 0 spiro atoms. The Morgan fingerprint density at radius 1 is 0.852 bits per heavy atom. The van der Waals surface area contributed by atoms with Crippen LogP contribution < -0.4 is 16.4 Å². The summed E-state index contributed by atoms with van der Waals surface area (Å²) in [4.78, 5) is 43.4. The summed E-state index contributed by atoms with van der Waals surface area (Å²) in [6, 6.07) is 18.9. The highest BCUT2D eigenvalue weighted by Crippen LogP contribution is 2.14. The highest BCUT2D eigenvalue weighted by atomic mass is 16.2. The molecule has 0 aliphatic rings. The number of rotatable bonds is 2. The topological polar surface area (TPSA) is 104 Å². The number of carbonyl (C=O) groups excluding carboxylic acids is 2. The summed E-state index contributed by atoms with van der Waals surface area (Å²) >= 11 is 0. The summed E-state index contributed by atoms with van der Waals surface area (Å²) in [5.41, 5.74) is 5.82. The molecule has 2 amide bonds. The first-order valence-electron chi connectivity index (χ1n) is 8.20. The third-order valence-corrected chi connectivity index (χ3v) is 4.12. The maximum absolute atomic E-state index is 12.5. The van der Waals surface area contributed by atoms with Crippen molar-refractivity contribution in [1.29, 1.82) is 0 Å². The Morgan fingerprint density at radius 2 is 1.59 bits per heavy atom. The molecule has 132 valence electrons. The monoisotopic (exact) mass is 358 g/mol. The van der Waals surface area contributed by atoms with Crippen molar-refractivity contribution < 1.29 is 9.59 Å². The number of hydrogen-bond acceptors (Lipinski definition) is 4. The number of pyridine rings is 2. The molecule has 4 aromatic rings. The van der Waals surface area contributed by atoms with E-state index in [1.165, 1.54) is 6.07 Å². The van der Waals surface area contributed by atoms with Crippen LogP contribution in [0.4, 0.5) is 0 Å². The number of hydrogen-bond donors (Lipinski definition) is 3. The number of aromatic nitrogens is 2. The predicted molar refractivity (Wildman–Crippen MR) is 101 cm³/mol. The zero-order chi connectivity index (χ0) is 18.8. The Morgan fingerprint density at radius 3 is 2.48 bits per heavy atom. The fourth-order valence-corrected chi connectivity index (χ4v) is 2.83. The Kier molecular flexibility index (Phi) is 4.10. The van der Waals surface area contributed by atoms with Crippen LogP contribution in [0.1, 0.15) is 20.8 Å². The third kappa shape index (κ3) is 3.25. The molecule has 7 nitrogen and oxygen atoms in total. The number of benzene rings is 2. The second kappa shape index (κ2) is 6.72. The van der Waals surface area contributed by atoms with Crippen LogP contribution in [0.15, 0.2) is 71.5 Å². The van der Waals surface area contributed by atoms with E-state index in [0.29, 0.717) is 16.4 Å². The number of fused-ring (bicyclic) bond motifs is 2. The van der Waals surface area contributed by atoms with Gasteiger partial charge in [0.1, 0.15) is 5.69 Å². The maximum atomic E-state index is 12.5. The van der Waals surface area contributed by atoms with Crippen molar-refractivity contribution >= 4 is 33.6 Å². The number of nitrogens with zero attached hydrogens (tertiary/aromatic N) is 1. The van der Waals surface area contributed by atoms with E-state index >= 15 is 0 Å². The Bertz CT molecular complexity index is 1250. The molecular weight excluding hydrogens is 344 g/mol. The molecule has 0 atom stereocenters. The van der Waals surface area contributed by atoms with Gasteiger partial charge < -0.3 is 4.98 Å². The molecule has 2 aromatic heterocycles. The fourth-order valence-electron chi connectivity index (χ4n) is 2.83. The highest BCUT2D eigenvalue weighted by Gasteiger charge is 2.14. The van der Waals surface area contributed by atoms with Crippen molar-refractivity contribution in [2.24, 2.45) is 0 Å². The van der Waals surface area contributed by atoms with Gasteiger partial charge in [0, 0.05) is 22.4 Å². The van der Waals surface area contributed by atoms with Crippen LogP contribution in [0.5, 0.6) is 0 Å². The van der Waals surface area contributed by atoms with Gasteiger partial charge in [-0.2, -0.15) is 0 Å². The zero-order valence-corrected chi connectivity index (χ0v) is 14.0. The number of aromatic amines is 1. The molecule has 0 aliphatic heterocycles. The van der Waals surface area contributed by atoms with Gasteiger partial charge >= 0.3 is 0 Å². The molecule has 2 heterocycles. The van der Waals surface area contributed by atoms with E-state index in [2.05, 4.69) is 20.8 Å². The van der Waals surface area contributed by atoms with Gasteiger partial charge in [-0.15, -0.1) is 0 Å². The lowest BCUT2D eigenvalue weighted by atomic mass is 10.1. The molecule has 0 fully saturated rings. The lowest BCUT2D eigenvalue weighted by molar-refractivity contribution is 0.0845. The van der Waals surface area contributed by atoms with Crippen molar-refractivity contribution in [2.75, 3.05) is 0 Å². The van der Waals surface area contributed by atoms with Crippen molar-refractivity contribution in [3.05, 3.63) is 88.3 Å². The molecule has 0 radical (unpaired) electrons. The lowest BCUT2D eigenvalue weighted by Gasteiger charge is -2.09. The second-order valence-electron chi connectivity index (χ2n) is 5.89. The largest absolute Gasteiger partial charge is 0.322 e. The minimum atomic E-state index is -0.591. The van der Waals surface area contributed by atoms with E-state index in [-0.39, 0.29) is 11.3 Å². The summed E-state index contributed by atoms with van der Waals surface area (Å²) in [5.74, 6) is -1.14. The maximum Gasteiger partial charge on any atom is 0.288 e. The molecule has 0 saturated heterocycles. The highest BCUT2D eigenvalue weighted by molar-refractivity contribution is 6.07. The first kappa shape index (κ1) is 16.5. The van der Waals surface area contributed by atoms with Crippen LogP contribution in [0.25, 0.3) is 21.8 Å². The quantitative estimate of drug-likeness (QED) is 0.478. The van der Waals surface area contributed by atoms with Crippen LogP contribution in [0, 0.1) is 0 Å². The van der Waals surface area contributed by atoms with E-state index in [0.717, 1.165) is 5.39 Å². The number of para-hydroxylation sites is 2. The SMILES string of the molecule is O=C(NNC(=O)c1cc(=O)[nH]c2ccccc12)c1ccc2ccccc2n1. The number of H-pyrrole nitrogens is 1. The predicted octanol–water partition coefficient (Wildman–Crippen LogP) is 2.15. The molecule has 0 aliphatic carbocycles. The van der Waals surface area contributed by atoms with E-state index in [1.54, 1.807) is 42.5 Å². The van der Waals surface area contributed by atoms with Crippen LogP contribution in [-0.2, 0) is 0 Å². The van der Waals surface area contributed by atoms with E-state index in [4.69, 9.17) is 0 Å². The number of carbonyl (C=O) groups is 2. The van der Waals surface area contributed by atoms with Gasteiger partial charge in [0.15, 0.2) is 0 Å². The lowest BCUT2D eigenvalue weighted by Crippen LogP contribution is -2.42. The zero-order valence-electron chi connectivity index (χ0n) is 14.0. The third-order valence-electron chi connectivity index (χ3n) is 4.12. The van der Waals surface area contributed by atoms with Crippen LogP contribution in [0.2, 0.25) is 0 Å². The molecule has 0 unspecified atom stereocenters. The van der Waals surface area contributed by atoms with Crippen molar-refractivity contribution in [3.8, 4) is 0 Å². The summed E-state index contributed by atoms with van der Waals surface area (Å²) < 4.78 is 0. The Balaban J connectivity index is 1.55. The van der Waals surface area contributed by atoms with Crippen LogP contribution in [0.3, 0.4) is 0 Å². The number of hydrazine groups is 1. The second-order valence-corrected chi connectivity index (χ2v) is 5.89.